The smallest absolute Gasteiger partial charge is 0.407 e. The fraction of sp³-hybridized carbons (Fsp3) is 0.200. The van der Waals surface area contributed by atoms with Gasteiger partial charge in [-0.1, -0.05) is 73.1 Å². The second-order valence-corrected chi connectivity index (χ2v) is 7.42. The second-order valence-electron chi connectivity index (χ2n) is 6.99. The molecular formula is C25H24ClNO3. The molecule has 0 saturated heterocycles. The molecule has 4 nitrogen and oxygen atoms in total. The van der Waals surface area contributed by atoms with E-state index < -0.39 is 12.1 Å². The number of hydrogen-bond acceptors (Lipinski definition) is 3. The van der Waals surface area contributed by atoms with Crippen molar-refractivity contribution in [3.8, 4) is 0 Å². The van der Waals surface area contributed by atoms with Crippen molar-refractivity contribution in [3.63, 3.8) is 0 Å². The van der Waals surface area contributed by atoms with Crippen LogP contribution in [0.4, 0.5) is 4.79 Å². The Hall–Kier alpha value is -3.11. The highest BCUT2D eigenvalue weighted by molar-refractivity contribution is 6.30. The highest BCUT2D eigenvalue weighted by Crippen LogP contribution is 2.22. The quantitative estimate of drug-likeness (QED) is 0.444. The molecule has 1 atom stereocenters. The fourth-order valence-electron chi connectivity index (χ4n) is 3.08. The lowest BCUT2D eigenvalue weighted by Crippen LogP contribution is -2.30. The van der Waals surface area contributed by atoms with E-state index in [9.17, 15) is 9.59 Å². The largest absolute Gasteiger partial charge is 0.445 e. The first-order chi connectivity index (χ1) is 14.5. The van der Waals surface area contributed by atoms with Gasteiger partial charge in [-0.05, 0) is 47.4 Å². The number of ether oxygens (including phenoxy) is 1. The molecule has 30 heavy (non-hydrogen) atoms. The molecule has 3 aromatic rings. The van der Waals surface area contributed by atoms with Crippen LogP contribution in [0.5, 0.6) is 0 Å². The van der Waals surface area contributed by atoms with Gasteiger partial charge in [0.15, 0.2) is 5.78 Å². The van der Waals surface area contributed by atoms with Crippen LogP contribution in [0, 0.1) is 0 Å². The molecule has 0 bridgehead atoms. The van der Waals surface area contributed by atoms with E-state index >= 15 is 0 Å². The van der Waals surface area contributed by atoms with Crippen molar-refractivity contribution in [2.75, 3.05) is 0 Å². The molecule has 3 rings (SSSR count). The monoisotopic (exact) mass is 421 g/mol. The van der Waals surface area contributed by atoms with E-state index in [-0.39, 0.29) is 18.8 Å². The van der Waals surface area contributed by atoms with Gasteiger partial charge in [0.05, 0.1) is 6.04 Å². The highest BCUT2D eigenvalue weighted by atomic mass is 35.5. The van der Waals surface area contributed by atoms with Gasteiger partial charge < -0.3 is 10.1 Å². The van der Waals surface area contributed by atoms with Crippen LogP contribution in [0.15, 0.2) is 78.9 Å². The average Bonchev–Trinajstić information content (AvgIpc) is 2.78. The van der Waals surface area contributed by atoms with E-state index in [0.717, 1.165) is 17.5 Å². The van der Waals surface area contributed by atoms with Gasteiger partial charge in [-0.3, -0.25) is 4.79 Å². The average molecular weight is 422 g/mol. The minimum absolute atomic E-state index is 0.0837. The Labute approximate surface area is 181 Å². The first-order valence-electron chi connectivity index (χ1n) is 9.90. The Morgan fingerprint density at radius 2 is 1.57 bits per heavy atom. The lowest BCUT2D eigenvalue weighted by molar-refractivity contribution is 0.0963. The van der Waals surface area contributed by atoms with Crippen molar-refractivity contribution in [2.45, 2.75) is 32.4 Å². The zero-order chi connectivity index (χ0) is 21.3. The number of alkyl carbamates (subject to hydrolysis) is 1. The molecule has 0 radical (unpaired) electrons. The number of benzene rings is 3. The standard InChI is InChI=1S/C25H24ClNO3/c1-2-18-8-10-20(11-9-18)23(16-24(28)21-12-14-22(26)15-13-21)27-25(29)30-17-19-6-4-3-5-7-19/h3-15,23H,2,16-17H2,1H3,(H,27,29). The molecule has 0 saturated carbocycles. The van der Waals surface area contributed by atoms with Crippen molar-refractivity contribution in [3.05, 3.63) is 106 Å². The van der Waals surface area contributed by atoms with Crippen molar-refractivity contribution in [1.82, 2.24) is 5.32 Å². The number of Topliss-reactive ketones (excluding diaryl/α,β-unsaturated/α-hetero) is 1. The highest BCUT2D eigenvalue weighted by Gasteiger charge is 2.20. The number of carbonyl (C=O) groups excluding carboxylic acids is 2. The molecule has 0 aliphatic heterocycles. The molecule has 0 aliphatic carbocycles. The summed E-state index contributed by atoms with van der Waals surface area (Å²) in [6.45, 7) is 2.25. The molecule has 5 heteroatoms. The maximum Gasteiger partial charge on any atom is 0.407 e. The second kappa shape index (κ2) is 10.6. The molecule has 1 unspecified atom stereocenters. The fourth-order valence-corrected chi connectivity index (χ4v) is 3.21. The van der Waals surface area contributed by atoms with Gasteiger partial charge in [0, 0.05) is 17.0 Å². The Kier molecular flexibility index (Phi) is 7.63. The predicted octanol–water partition coefficient (Wildman–Crippen LogP) is 6.14. The van der Waals surface area contributed by atoms with Crippen molar-refractivity contribution < 1.29 is 14.3 Å². The van der Waals surface area contributed by atoms with E-state index in [4.69, 9.17) is 16.3 Å². The predicted molar refractivity (Wildman–Crippen MR) is 119 cm³/mol. The van der Waals surface area contributed by atoms with Crippen LogP contribution in [-0.4, -0.2) is 11.9 Å². The molecule has 0 aliphatic rings. The molecule has 1 N–H and O–H groups in total. The van der Waals surface area contributed by atoms with Crippen molar-refractivity contribution in [1.29, 1.82) is 0 Å². The van der Waals surface area contributed by atoms with Crippen LogP contribution in [0.2, 0.25) is 5.02 Å². The summed E-state index contributed by atoms with van der Waals surface area (Å²) in [5, 5.41) is 3.42. The zero-order valence-corrected chi connectivity index (χ0v) is 17.6. The number of halogens is 1. The lowest BCUT2D eigenvalue weighted by Gasteiger charge is -2.19. The maximum atomic E-state index is 12.8. The normalized spacial score (nSPS) is 11.5. The van der Waals surface area contributed by atoms with E-state index in [2.05, 4.69) is 12.2 Å². The van der Waals surface area contributed by atoms with Crippen LogP contribution < -0.4 is 5.32 Å². The van der Waals surface area contributed by atoms with Gasteiger partial charge in [0.2, 0.25) is 0 Å². The van der Waals surface area contributed by atoms with E-state index in [1.165, 1.54) is 5.56 Å². The molecule has 0 heterocycles. The topological polar surface area (TPSA) is 55.4 Å². The molecule has 0 fully saturated rings. The summed E-state index contributed by atoms with van der Waals surface area (Å²) < 4.78 is 5.35. The van der Waals surface area contributed by atoms with Crippen LogP contribution in [0.25, 0.3) is 0 Å². The van der Waals surface area contributed by atoms with Crippen molar-refractivity contribution in [2.24, 2.45) is 0 Å². The zero-order valence-electron chi connectivity index (χ0n) is 16.8. The summed E-state index contributed by atoms with van der Waals surface area (Å²) in [5.74, 6) is -0.0837. The van der Waals surface area contributed by atoms with E-state index in [0.29, 0.717) is 10.6 Å². The number of rotatable bonds is 8. The van der Waals surface area contributed by atoms with Crippen LogP contribution in [0.1, 0.15) is 46.4 Å². The van der Waals surface area contributed by atoms with Gasteiger partial charge in [-0.2, -0.15) is 0 Å². The van der Waals surface area contributed by atoms with E-state index in [1.807, 2.05) is 54.6 Å². The third kappa shape index (κ3) is 6.19. The summed E-state index contributed by atoms with van der Waals surface area (Å²) in [6.07, 6.45) is 0.474. The van der Waals surface area contributed by atoms with Crippen LogP contribution in [0.3, 0.4) is 0 Å². The number of ketones is 1. The summed E-state index contributed by atoms with van der Waals surface area (Å²) in [6, 6.07) is 23.6. The molecule has 0 aromatic heterocycles. The number of aryl methyl sites for hydroxylation is 1. The van der Waals surface area contributed by atoms with E-state index in [1.54, 1.807) is 24.3 Å². The minimum atomic E-state index is -0.563. The van der Waals surface area contributed by atoms with Gasteiger partial charge in [-0.15, -0.1) is 0 Å². The summed E-state index contributed by atoms with van der Waals surface area (Å²) in [5.41, 5.74) is 3.49. The molecule has 1 amide bonds. The Balaban J connectivity index is 1.71. The van der Waals surface area contributed by atoms with Gasteiger partial charge >= 0.3 is 6.09 Å². The third-order valence-corrected chi connectivity index (χ3v) is 5.10. The molecule has 154 valence electrons. The van der Waals surface area contributed by atoms with Crippen LogP contribution in [-0.2, 0) is 17.8 Å². The van der Waals surface area contributed by atoms with Crippen LogP contribution >= 0.6 is 11.6 Å². The maximum absolute atomic E-state index is 12.8. The van der Waals surface area contributed by atoms with Crippen molar-refractivity contribution >= 4 is 23.5 Å². The van der Waals surface area contributed by atoms with Gasteiger partial charge in [-0.25, -0.2) is 4.79 Å². The number of nitrogens with one attached hydrogen (secondary N) is 1. The Morgan fingerprint density at radius 1 is 0.900 bits per heavy atom. The number of amides is 1. The SMILES string of the molecule is CCc1ccc(C(CC(=O)c2ccc(Cl)cc2)NC(=O)OCc2ccccc2)cc1. The Morgan fingerprint density at radius 3 is 2.20 bits per heavy atom. The third-order valence-electron chi connectivity index (χ3n) is 4.85. The first-order valence-corrected chi connectivity index (χ1v) is 10.3. The lowest BCUT2D eigenvalue weighted by atomic mass is 9.97. The Bertz CT molecular complexity index is 970. The van der Waals surface area contributed by atoms with Gasteiger partial charge in [0.1, 0.15) is 6.61 Å². The summed E-state index contributed by atoms with van der Waals surface area (Å²) >= 11 is 5.92. The summed E-state index contributed by atoms with van der Waals surface area (Å²) in [7, 11) is 0. The molecular weight excluding hydrogens is 398 g/mol. The molecule has 0 spiro atoms. The number of hydrogen-bond donors (Lipinski definition) is 1. The van der Waals surface area contributed by atoms with Gasteiger partial charge in [0.25, 0.3) is 0 Å². The summed E-state index contributed by atoms with van der Waals surface area (Å²) in [4.78, 5) is 25.2. The molecule has 3 aromatic carbocycles. The number of carbonyl (C=O) groups is 2. The minimum Gasteiger partial charge on any atom is -0.445 e. The first kappa shape index (κ1) is 21.6.